The number of rotatable bonds is 10. The molecule has 0 amide bonds. The monoisotopic (exact) mass is 697 g/mol. The normalized spacial score (nSPS) is 17.4. The van der Waals surface area contributed by atoms with Gasteiger partial charge in [0.05, 0.1) is 35.0 Å². The molecule has 1 aromatic heterocycles. The summed E-state index contributed by atoms with van der Waals surface area (Å²) in [5.74, 6) is 0.294. The molecule has 0 bridgehead atoms. The molecule has 49 heavy (non-hydrogen) atoms. The highest BCUT2D eigenvalue weighted by molar-refractivity contribution is 7.89. The van der Waals surface area contributed by atoms with Gasteiger partial charge in [-0.1, -0.05) is 24.3 Å². The zero-order valence-corrected chi connectivity index (χ0v) is 27.6. The van der Waals surface area contributed by atoms with E-state index < -0.39 is 27.8 Å². The van der Waals surface area contributed by atoms with Crippen LogP contribution in [0.1, 0.15) is 30.5 Å². The molecule has 0 saturated carbocycles. The Morgan fingerprint density at radius 3 is 2.22 bits per heavy atom. The van der Waals surface area contributed by atoms with E-state index in [0.29, 0.717) is 73.4 Å². The third-order valence-corrected chi connectivity index (χ3v) is 10.8. The summed E-state index contributed by atoms with van der Waals surface area (Å²) in [4.78, 5) is 26.9. The number of Topliss-reactive ketones (excluding diaryl/α,β-unsaturated/α-hetero) is 1. The molecule has 4 aromatic rings. The summed E-state index contributed by atoms with van der Waals surface area (Å²) in [6.45, 7) is 2.12. The van der Waals surface area contributed by atoms with Gasteiger partial charge in [0.15, 0.2) is 5.78 Å². The standard InChI is InChI=1S/C35H35F4N5O4S/c1-48-27-13-15-28(16-14-27)49(46,47)44-18-4-7-32(44)33(45)17-12-26-23-30(24-8-10-25(11-9-24)35(37,38)39)41-34(40-26)43-21-19-42(20-22-43)31-6-3-2-5-29(31)36/h2-3,5-6,8-11,13-16,23,32H,4,7,12,17-22H2,1H3/t32-/m0/s1. The van der Waals surface area contributed by atoms with Crippen LogP contribution < -0.4 is 14.5 Å². The lowest BCUT2D eigenvalue weighted by Gasteiger charge is -2.36. The molecule has 1 atom stereocenters. The molecule has 2 aliphatic heterocycles. The van der Waals surface area contributed by atoms with Crippen LogP contribution in [-0.2, 0) is 27.4 Å². The summed E-state index contributed by atoms with van der Waals surface area (Å²) in [7, 11) is -2.44. The van der Waals surface area contributed by atoms with Crippen LogP contribution >= 0.6 is 0 Å². The number of aryl methyl sites for hydroxylation is 1. The number of carbonyl (C=O) groups is 1. The Balaban J connectivity index is 1.22. The minimum absolute atomic E-state index is 0.00324. The first-order chi connectivity index (χ1) is 23.4. The topological polar surface area (TPSA) is 95.9 Å². The zero-order valence-electron chi connectivity index (χ0n) is 26.7. The largest absolute Gasteiger partial charge is 0.497 e. The van der Waals surface area contributed by atoms with E-state index in [9.17, 15) is 30.8 Å². The number of aromatic nitrogens is 2. The summed E-state index contributed by atoms with van der Waals surface area (Å²) in [6.07, 6.45) is -3.38. The van der Waals surface area contributed by atoms with Gasteiger partial charge in [-0.25, -0.2) is 22.8 Å². The third kappa shape index (κ3) is 7.54. The molecule has 6 rings (SSSR count). The Kier molecular flexibility index (Phi) is 9.89. The van der Waals surface area contributed by atoms with E-state index in [4.69, 9.17) is 9.72 Å². The number of ketones is 1. The molecule has 0 unspecified atom stereocenters. The maximum Gasteiger partial charge on any atom is 0.416 e. The average molecular weight is 698 g/mol. The number of carbonyl (C=O) groups excluding carboxylic acids is 1. The number of hydrogen-bond acceptors (Lipinski definition) is 8. The van der Waals surface area contributed by atoms with Crippen molar-refractivity contribution in [2.24, 2.45) is 0 Å². The van der Waals surface area contributed by atoms with Crippen molar-refractivity contribution in [1.29, 1.82) is 0 Å². The lowest BCUT2D eigenvalue weighted by atomic mass is 10.0. The van der Waals surface area contributed by atoms with Crippen LogP contribution in [-0.4, -0.2) is 74.3 Å². The van der Waals surface area contributed by atoms with Gasteiger partial charge in [-0.05, 0) is 73.9 Å². The number of methoxy groups -OCH3 is 1. The lowest BCUT2D eigenvalue weighted by molar-refractivity contribution is -0.137. The van der Waals surface area contributed by atoms with Crippen molar-refractivity contribution in [3.63, 3.8) is 0 Å². The number of para-hydroxylation sites is 1. The molecule has 0 radical (unpaired) electrons. The van der Waals surface area contributed by atoms with Gasteiger partial charge in [-0.2, -0.15) is 17.5 Å². The van der Waals surface area contributed by atoms with E-state index in [2.05, 4.69) is 4.98 Å². The number of piperazine rings is 1. The zero-order chi connectivity index (χ0) is 34.8. The molecule has 2 saturated heterocycles. The Morgan fingerprint density at radius 1 is 0.898 bits per heavy atom. The summed E-state index contributed by atoms with van der Waals surface area (Å²) < 4.78 is 87.6. The van der Waals surface area contributed by atoms with Crippen molar-refractivity contribution in [2.75, 3.05) is 49.6 Å². The summed E-state index contributed by atoms with van der Waals surface area (Å²) in [5, 5.41) is 0. The SMILES string of the molecule is COc1ccc(S(=O)(=O)N2CCC[C@H]2C(=O)CCc2cc(-c3ccc(C(F)(F)F)cc3)nc(N3CCN(c4ccccc4F)CC3)n2)cc1. The summed E-state index contributed by atoms with van der Waals surface area (Å²) >= 11 is 0. The van der Waals surface area contributed by atoms with Crippen molar-refractivity contribution in [1.82, 2.24) is 14.3 Å². The van der Waals surface area contributed by atoms with E-state index in [1.807, 2.05) is 9.80 Å². The number of halogens is 4. The predicted molar refractivity (Wildman–Crippen MR) is 177 cm³/mol. The number of benzene rings is 3. The van der Waals surface area contributed by atoms with Crippen LogP contribution in [0.5, 0.6) is 5.75 Å². The Morgan fingerprint density at radius 2 is 1.57 bits per heavy atom. The molecule has 2 aliphatic rings. The van der Waals surface area contributed by atoms with Crippen LogP contribution in [0, 0.1) is 5.82 Å². The van der Waals surface area contributed by atoms with Crippen LogP contribution in [0.4, 0.5) is 29.2 Å². The van der Waals surface area contributed by atoms with Crippen LogP contribution in [0.15, 0.2) is 83.8 Å². The molecule has 0 spiro atoms. The van der Waals surface area contributed by atoms with Crippen molar-refractivity contribution in [3.05, 3.63) is 95.9 Å². The predicted octanol–water partition coefficient (Wildman–Crippen LogP) is 5.99. The van der Waals surface area contributed by atoms with Gasteiger partial charge in [0.1, 0.15) is 11.6 Å². The average Bonchev–Trinajstić information content (AvgIpc) is 3.62. The Labute approximate surface area is 282 Å². The number of ether oxygens (including phenoxy) is 1. The summed E-state index contributed by atoms with van der Waals surface area (Å²) in [6, 6.07) is 18.1. The number of anilines is 2. The minimum Gasteiger partial charge on any atom is -0.497 e. The van der Waals surface area contributed by atoms with Crippen molar-refractivity contribution < 1.29 is 35.5 Å². The van der Waals surface area contributed by atoms with E-state index in [0.717, 1.165) is 12.1 Å². The van der Waals surface area contributed by atoms with Gasteiger partial charge in [0, 0.05) is 50.4 Å². The second-order valence-corrected chi connectivity index (χ2v) is 13.9. The first kappa shape index (κ1) is 34.3. The first-order valence-corrected chi connectivity index (χ1v) is 17.4. The Hall–Kier alpha value is -4.56. The number of nitrogens with zero attached hydrogens (tertiary/aromatic N) is 5. The summed E-state index contributed by atoms with van der Waals surface area (Å²) in [5.41, 5.74) is 1.04. The Bertz CT molecular complexity index is 1900. The highest BCUT2D eigenvalue weighted by Crippen LogP contribution is 2.32. The van der Waals surface area contributed by atoms with E-state index in [-0.39, 0.29) is 35.9 Å². The molecular weight excluding hydrogens is 662 g/mol. The van der Waals surface area contributed by atoms with Crippen molar-refractivity contribution in [2.45, 2.75) is 42.8 Å². The maximum atomic E-state index is 14.4. The van der Waals surface area contributed by atoms with Crippen LogP contribution in [0.2, 0.25) is 0 Å². The van der Waals surface area contributed by atoms with Crippen molar-refractivity contribution >= 4 is 27.4 Å². The molecule has 0 aliphatic carbocycles. The third-order valence-electron chi connectivity index (χ3n) is 8.90. The van der Waals surface area contributed by atoms with Gasteiger partial charge in [-0.3, -0.25) is 4.79 Å². The van der Waals surface area contributed by atoms with E-state index in [1.165, 1.54) is 41.7 Å². The highest BCUT2D eigenvalue weighted by atomic mass is 32.2. The number of hydrogen-bond donors (Lipinski definition) is 0. The maximum absolute atomic E-state index is 14.4. The van der Waals surface area contributed by atoms with Crippen LogP contribution in [0.3, 0.4) is 0 Å². The van der Waals surface area contributed by atoms with Gasteiger partial charge < -0.3 is 14.5 Å². The molecule has 258 valence electrons. The van der Waals surface area contributed by atoms with Crippen LogP contribution in [0.25, 0.3) is 11.3 Å². The fourth-order valence-corrected chi connectivity index (χ4v) is 7.92. The number of sulfonamides is 1. The van der Waals surface area contributed by atoms with Gasteiger partial charge in [-0.15, -0.1) is 0 Å². The second-order valence-electron chi connectivity index (χ2n) is 12.0. The highest BCUT2D eigenvalue weighted by Gasteiger charge is 2.39. The lowest BCUT2D eigenvalue weighted by Crippen LogP contribution is -2.47. The smallest absolute Gasteiger partial charge is 0.416 e. The second kappa shape index (κ2) is 14.1. The molecule has 0 N–H and O–H groups in total. The molecule has 9 nitrogen and oxygen atoms in total. The van der Waals surface area contributed by atoms with Gasteiger partial charge in [0.2, 0.25) is 16.0 Å². The fourth-order valence-electron chi connectivity index (χ4n) is 6.24. The minimum atomic E-state index is -4.49. The van der Waals surface area contributed by atoms with Crippen molar-refractivity contribution in [3.8, 4) is 17.0 Å². The fraction of sp³-hybridized carbons (Fsp3) is 0.343. The molecule has 3 heterocycles. The molecule has 14 heteroatoms. The van der Waals surface area contributed by atoms with E-state index in [1.54, 1.807) is 36.4 Å². The first-order valence-electron chi connectivity index (χ1n) is 15.9. The van der Waals surface area contributed by atoms with Gasteiger partial charge >= 0.3 is 6.18 Å². The quantitative estimate of drug-likeness (QED) is 0.187. The molecule has 3 aromatic carbocycles. The molecular formula is C35H35F4N5O4S. The number of alkyl halides is 3. The molecule has 2 fully saturated rings. The van der Waals surface area contributed by atoms with Gasteiger partial charge in [0.25, 0.3) is 0 Å². The van der Waals surface area contributed by atoms with E-state index >= 15 is 0 Å².